The van der Waals surface area contributed by atoms with E-state index in [2.05, 4.69) is 53.4 Å². The molecule has 2 rings (SSSR count). The summed E-state index contributed by atoms with van der Waals surface area (Å²) in [6.07, 6.45) is 2.83. The number of nitrogens with one attached hydrogen (secondary N) is 2. The fraction of sp³-hybridized carbons (Fsp3) is 0.682. The van der Waals surface area contributed by atoms with Crippen molar-refractivity contribution in [3.8, 4) is 0 Å². The topological polar surface area (TPSA) is 58.1 Å². The lowest BCUT2D eigenvalue weighted by Gasteiger charge is -2.35. The summed E-state index contributed by atoms with van der Waals surface area (Å²) in [6.45, 7) is 12.0. The number of halogens is 1. The number of hydrogen-bond donors (Lipinski definition) is 2. The van der Waals surface area contributed by atoms with Gasteiger partial charge >= 0.3 is 0 Å². The van der Waals surface area contributed by atoms with Crippen molar-refractivity contribution in [3.63, 3.8) is 0 Å². The summed E-state index contributed by atoms with van der Waals surface area (Å²) in [7, 11) is 1.81. The second-order valence-electron chi connectivity index (χ2n) is 7.57. The number of rotatable bonds is 10. The van der Waals surface area contributed by atoms with Crippen molar-refractivity contribution in [1.29, 1.82) is 0 Å². The van der Waals surface area contributed by atoms with Crippen LogP contribution in [0.4, 0.5) is 0 Å². The molecule has 0 bridgehead atoms. The Morgan fingerprint density at radius 3 is 2.38 bits per heavy atom. The lowest BCUT2D eigenvalue weighted by molar-refractivity contribution is -0.0679. The van der Waals surface area contributed by atoms with Crippen LogP contribution in [-0.4, -0.2) is 69.4 Å². The SMILES string of the molecule is CN=C(NCCCOC(C)c1ccccc1)NCCCN1CC(C)OC(C)C1.I. The van der Waals surface area contributed by atoms with E-state index in [1.807, 2.05) is 25.2 Å². The van der Waals surface area contributed by atoms with Crippen LogP contribution in [0.3, 0.4) is 0 Å². The van der Waals surface area contributed by atoms with E-state index in [1.54, 1.807) is 0 Å². The minimum absolute atomic E-state index is 0. The maximum atomic E-state index is 5.91. The largest absolute Gasteiger partial charge is 0.374 e. The molecular weight excluding hydrogens is 479 g/mol. The smallest absolute Gasteiger partial charge is 0.190 e. The summed E-state index contributed by atoms with van der Waals surface area (Å²) in [5.74, 6) is 0.861. The number of benzene rings is 1. The molecule has 3 atom stereocenters. The van der Waals surface area contributed by atoms with E-state index in [9.17, 15) is 0 Å². The Kier molecular flexibility index (Phi) is 13.5. The highest BCUT2D eigenvalue weighted by Gasteiger charge is 2.21. The molecule has 1 heterocycles. The number of morpholine rings is 1. The zero-order valence-corrected chi connectivity index (χ0v) is 20.7. The van der Waals surface area contributed by atoms with Gasteiger partial charge in [-0.25, -0.2) is 0 Å². The molecule has 166 valence electrons. The molecule has 29 heavy (non-hydrogen) atoms. The molecule has 1 aromatic rings. The van der Waals surface area contributed by atoms with Gasteiger partial charge in [-0.05, 0) is 39.2 Å². The Bertz CT molecular complexity index is 563. The van der Waals surface area contributed by atoms with E-state index in [0.29, 0.717) is 12.2 Å². The molecule has 1 aromatic carbocycles. The van der Waals surface area contributed by atoms with Gasteiger partial charge in [0, 0.05) is 46.4 Å². The summed E-state index contributed by atoms with van der Waals surface area (Å²) in [5, 5.41) is 6.76. The summed E-state index contributed by atoms with van der Waals surface area (Å²) in [6, 6.07) is 10.3. The molecule has 7 heteroatoms. The first-order valence-corrected chi connectivity index (χ1v) is 10.6. The van der Waals surface area contributed by atoms with Crippen LogP contribution in [0.1, 0.15) is 45.3 Å². The fourth-order valence-corrected chi connectivity index (χ4v) is 3.56. The van der Waals surface area contributed by atoms with Gasteiger partial charge in [0.05, 0.1) is 18.3 Å². The molecule has 1 saturated heterocycles. The molecular formula is C22H39IN4O2. The van der Waals surface area contributed by atoms with Crippen molar-refractivity contribution in [2.24, 2.45) is 4.99 Å². The first kappa shape index (κ1) is 26.1. The highest BCUT2D eigenvalue weighted by Crippen LogP contribution is 2.15. The van der Waals surface area contributed by atoms with Crippen molar-refractivity contribution in [1.82, 2.24) is 15.5 Å². The van der Waals surface area contributed by atoms with Crippen LogP contribution in [0.25, 0.3) is 0 Å². The van der Waals surface area contributed by atoms with Gasteiger partial charge < -0.3 is 20.1 Å². The van der Waals surface area contributed by atoms with Crippen LogP contribution >= 0.6 is 24.0 Å². The van der Waals surface area contributed by atoms with Crippen LogP contribution in [0.2, 0.25) is 0 Å². The van der Waals surface area contributed by atoms with Crippen molar-refractivity contribution in [3.05, 3.63) is 35.9 Å². The minimum atomic E-state index is 0. The third-order valence-corrected chi connectivity index (χ3v) is 4.91. The summed E-state index contributed by atoms with van der Waals surface area (Å²) in [4.78, 5) is 6.78. The predicted octanol–water partition coefficient (Wildman–Crippen LogP) is 3.44. The normalized spacial score (nSPS) is 21.3. The highest BCUT2D eigenvalue weighted by atomic mass is 127. The van der Waals surface area contributed by atoms with Gasteiger partial charge in [0.2, 0.25) is 0 Å². The quantitative estimate of drug-likeness (QED) is 0.215. The molecule has 3 unspecified atom stereocenters. The standard InChI is InChI=1S/C22H38N4O2.HI/c1-18-16-26(17-19(2)28-18)14-8-12-24-22(23-4)25-13-9-15-27-20(3)21-10-6-5-7-11-21;/h5-7,10-11,18-20H,8-9,12-17H2,1-4H3,(H2,23,24,25);1H. The summed E-state index contributed by atoms with van der Waals surface area (Å²) >= 11 is 0. The molecule has 0 saturated carbocycles. The van der Waals surface area contributed by atoms with E-state index in [1.165, 1.54) is 5.56 Å². The number of nitrogens with zero attached hydrogens (tertiary/aromatic N) is 2. The second-order valence-corrected chi connectivity index (χ2v) is 7.57. The predicted molar refractivity (Wildman–Crippen MR) is 131 cm³/mol. The fourth-order valence-electron chi connectivity index (χ4n) is 3.56. The van der Waals surface area contributed by atoms with Crippen LogP contribution in [0.15, 0.2) is 35.3 Å². The maximum Gasteiger partial charge on any atom is 0.190 e. The van der Waals surface area contributed by atoms with E-state index >= 15 is 0 Å². The Morgan fingerprint density at radius 2 is 1.76 bits per heavy atom. The molecule has 1 fully saturated rings. The van der Waals surface area contributed by atoms with Gasteiger partial charge in [-0.3, -0.25) is 9.89 Å². The lowest BCUT2D eigenvalue weighted by atomic mass is 10.1. The third kappa shape index (κ3) is 10.6. The van der Waals surface area contributed by atoms with E-state index < -0.39 is 0 Å². The van der Waals surface area contributed by atoms with Gasteiger partial charge in [-0.1, -0.05) is 30.3 Å². The van der Waals surface area contributed by atoms with Gasteiger partial charge in [0.15, 0.2) is 5.96 Å². The number of aliphatic imine (C=N–C) groups is 1. The molecule has 0 radical (unpaired) electrons. The van der Waals surface area contributed by atoms with E-state index in [-0.39, 0.29) is 30.1 Å². The van der Waals surface area contributed by atoms with E-state index in [4.69, 9.17) is 9.47 Å². The monoisotopic (exact) mass is 518 g/mol. The van der Waals surface area contributed by atoms with Crippen molar-refractivity contribution >= 4 is 29.9 Å². The van der Waals surface area contributed by atoms with Crippen molar-refractivity contribution in [2.75, 3.05) is 46.4 Å². The zero-order valence-electron chi connectivity index (χ0n) is 18.4. The molecule has 0 aromatic heterocycles. The molecule has 0 aliphatic carbocycles. The third-order valence-electron chi connectivity index (χ3n) is 4.91. The van der Waals surface area contributed by atoms with Gasteiger partial charge in [0.1, 0.15) is 0 Å². The second kappa shape index (κ2) is 15.0. The molecule has 0 spiro atoms. The maximum absolute atomic E-state index is 5.91. The van der Waals surface area contributed by atoms with Crippen LogP contribution in [0, 0.1) is 0 Å². The van der Waals surface area contributed by atoms with Gasteiger partial charge in [-0.2, -0.15) is 0 Å². The van der Waals surface area contributed by atoms with Gasteiger partial charge in [0.25, 0.3) is 0 Å². The molecule has 2 N–H and O–H groups in total. The Balaban J connectivity index is 0.00000420. The van der Waals surface area contributed by atoms with Crippen LogP contribution in [-0.2, 0) is 9.47 Å². The molecule has 6 nitrogen and oxygen atoms in total. The van der Waals surface area contributed by atoms with Gasteiger partial charge in [-0.15, -0.1) is 24.0 Å². The Morgan fingerprint density at radius 1 is 1.14 bits per heavy atom. The van der Waals surface area contributed by atoms with Crippen molar-refractivity contribution in [2.45, 2.75) is 51.9 Å². The lowest BCUT2D eigenvalue weighted by Crippen LogP contribution is -2.46. The zero-order chi connectivity index (χ0) is 20.2. The number of guanidine groups is 1. The molecule has 0 amide bonds. The average Bonchev–Trinajstić information content (AvgIpc) is 2.69. The van der Waals surface area contributed by atoms with Crippen molar-refractivity contribution < 1.29 is 9.47 Å². The molecule has 1 aliphatic rings. The highest BCUT2D eigenvalue weighted by molar-refractivity contribution is 14.0. The first-order chi connectivity index (χ1) is 13.6. The van der Waals surface area contributed by atoms with Crippen LogP contribution in [0.5, 0.6) is 0 Å². The summed E-state index contributed by atoms with van der Waals surface area (Å²) < 4.78 is 11.7. The first-order valence-electron chi connectivity index (χ1n) is 10.6. The molecule has 1 aliphatic heterocycles. The summed E-state index contributed by atoms with van der Waals surface area (Å²) in [5.41, 5.74) is 1.22. The Hall–Kier alpha value is -0.900. The minimum Gasteiger partial charge on any atom is -0.374 e. The van der Waals surface area contributed by atoms with E-state index in [0.717, 1.165) is 58.1 Å². The Labute approximate surface area is 193 Å². The van der Waals surface area contributed by atoms with Crippen LogP contribution < -0.4 is 10.6 Å². The number of ether oxygens (including phenoxy) is 2. The average molecular weight is 518 g/mol. The number of hydrogen-bond acceptors (Lipinski definition) is 4.